The van der Waals surface area contributed by atoms with Gasteiger partial charge in [0.15, 0.2) is 11.4 Å². The quantitative estimate of drug-likeness (QED) is 0.445. The smallest absolute Gasteiger partial charge is 0.246 e. The van der Waals surface area contributed by atoms with Gasteiger partial charge in [-0.05, 0) is 35.9 Å². The number of carbonyl (C=O) groups is 1. The summed E-state index contributed by atoms with van der Waals surface area (Å²) >= 11 is 9.34. The summed E-state index contributed by atoms with van der Waals surface area (Å²) in [7, 11) is 0. The Morgan fingerprint density at radius 3 is 2.65 bits per heavy atom. The molecule has 0 aliphatic carbocycles. The number of nitrogens with zero attached hydrogens (tertiary/aromatic N) is 4. The zero-order valence-corrected chi connectivity index (χ0v) is 15.5. The van der Waals surface area contributed by atoms with Crippen molar-refractivity contribution in [2.45, 2.75) is 0 Å². The Balaban J connectivity index is 1.74. The van der Waals surface area contributed by atoms with Crippen molar-refractivity contribution in [3.63, 3.8) is 0 Å². The zero-order valence-electron chi connectivity index (χ0n) is 13.1. The molecule has 0 fully saturated rings. The summed E-state index contributed by atoms with van der Waals surface area (Å²) in [6.07, 6.45) is 0. The number of hydrogen-bond donors (Lipinski definition) is 0. The fraction of sp³-hybridized carbons (Fsp3) is 0. The van der Waals surface area contributed by atoms with Crippen molar-refractivity contribution in [1.29, 1.82) is 0 Å². The van der Waals surface area contributed by atoms with E-state index in [9.17, 15) is 4.79 Å². The molecule has 4 rings (SSSR count). The number of fused-ring (bicyclic) bond motifs is 1. The summed E-state index contributed by atoms with van der Waals surface area (Å²) in [6.45, 7) is 0. The van der Waals surface area contributed by atoms with Gasteiger partial charge in [-0.3, -0.25) is 4.79 Å². The number of ketones is 1. The summed E-state index contributed by atoms with van der Waals surface area (Å²) < 4.78 is 7.98. The van der Waals surface area contributed by atoms with Gasteiger partial charge in [0, 0.05) is 16.1 Å². The van der Waals surface area contributed by atoms with Gasteiger partial charge in [-0.2, -0.15) is 4.52 Å². The van der Waals surface area contributed by atoms with Gasteiger partial charge in [0.05, 0.1) is 5.56 Å². The summed E-state index contributed by atoms with van der Waals surface area (Å²) in [6, 6.07) is 17.5. The van der Waals surface area contributed by atoms with Gasteiger partial charge in [0.25, 0.3) is 0 Å². The molecule has 6 nitrogen and oxygen atoms in total. The maximum absolute atomic E-state index is 12.9. The molecular weight excluding hydrogens is 420 g/mol. The first-order chi connectivity index (χ1) is 12.6. The summed E-state index contributed by atoms with van der Waals surface area (Å²) in [5.74, 6) is 0.507. The predicted molar refractivity (Wildman–Crippen MR) is 99.9 cm³/mol. The van der Waals surface area contributed by atoms with Gasteiger partial charge < -0.3 is 4.74 Å². The SMILES string of the molecule is O=C(c1ccccc1)c1cc(Br)ccc1Oc1ccc2nnc(Cl)n2n1. The van der Waals surface area contributed by atoms with E-state index in [2.05, 4.69) is 31.2 Å². The molecule has 0 N–H and O–H groups in total. The summed E-state index contributed by atoms with van der Waals surface area (Å²) in [4.78, 5) is 12.9. The molecule has 0 saturated heterocycles. The molecule has 0 atom stereocenters. The van der Waals surface area contributed by atoms with E-state index >= 15 is 0 Å². The molecule has 0 spiro atoms. The highest BCUT2D eigenvalue weighted by molar-refractivity contribution is 9.10. The molecule has 0 radical (unpaired) electrons. The molecule has 2 aromatic heterocycles. The highest BCUT2D eigenvalue weighted by Crippen LogP contribution is 2.29. The van der Waals surface area contributed by atoms with E-state index < -0.39 is 0 Å². The molecule has 0 aliphatic heterocycles. The minimum Gasteiger partial charge on any atom is -0.437 e. The van der Waals surface area contributed by atoms with Gasteiger partial charge in [-0.1, -0.05) is 46.3 Å². The van der Waals surface area contributed by atoms with E-state index in [0.29, 0.717) is 22.5 Å². The third-order valence-corrected chi connectivity index (χ3v) is 4.37. The Morgan fingerprint density at radius 2 is 1.85 bits per heavy atom. The normalized spacial score (nSPS) is 10.8. The molecule has 0 unspecified atom stereocenters. The van der Waals surface area contributed by atoms with E-state index in [0.717, 1.165) is 4.47 Å². The minimum atomic E-state index is -0.148. The largest absolute Gasteiger partial charge is 0.437 e. The Hall–Kier alpha value is -2.77. The topological polar surface area (TPSA) is 69.4 Å². The van der Waals surface area contributed by atoms with Crippen molar-refractivity contribution in [3.05, 3.63) is 81.5 Å². The minimum absolute atomic E-state index is 0.127. The van der Waals surface area contributed by atoms with E-state index in [-0.39, 0.29) is 16.9 Å². The second-order valence-electron chi connectivity index (χ2n) is 5.35. The van der Waals surface area contributed by atoms with Crippen LogP contribution in [0.15, 0.2) is 65.1 Å². The number of carbonyl (C=O) groups excluding carboxylic acids is 1. The standard InChI is InChI=1S/C18H10BrClN4O2/c19-12-6-7-14(13(10-12)17(25)11-4-2-1-3-5-11)26-16-9-8-15-21-22-18(20)24(15)23-16/h1-10H. The van der Waals surface area contributed by atoms with Crippen molar-refractivity contribution in [2.75, 3.05) is 0 Å². The van der Waals surface area contributed by atoms with Crippen LogP contribution in [0, 0.1) is 0 Å². The van der Waals surface area contributed by atoms with Gasteiger partial charge >= 0.3 is 0 Å². The van der Waals surface area contributed by atoms with Crippen molar-refractivity contribution in [1.82, 2.24) is 19.8 Å². The van der Waals surface area contributed by atoms with Crippen molar-refractivity contribution < 1.29 is 9.53 Å². The molecule has 0 amide bonds. The maximum Gasteiger partial charge on any atom is 0.246 e. The van der Waals surface area contributed by atoms with Crippen LogP contribution < -0.4 is 4.74 Å². The van der Waals surface area contributed by atoms with Gasteiger partial charge in [-0.15, -0.1) is 15.3 Å². The molecule has 4 aromatic rings. The number of halogens is 2. The maximum atomic E-state index is 12.9. The van der Waals surface area contributed by atoms with Gasteiger partial charge in [0.1, 0.15) is 5.75 Å². The lowest BCUT2D eigenvalue weighted by Gasteiger charge is -2.10. The zero-order chi connectivity index (χ0) is 18.1. The average Bonchev–Trinajstić information content (AvgIpc) is 3.04. The molecule has 0 bridgehead atoms. The van der Waals surface area contributed by atoms with Crippen LogP contribution >= 0.6 is 27.5 Å². The number of benzene rings is 2. The third kappa shape index (κ3) is 3.18. The van der Waals surface area contributed by atoms with E-state index in [1.165, 1.54) is 4.52 Å². The number of ether oxygens (including phenoxy) is 1. The molecule has 2 heterocycles. The Kier molecular flexibility index (Phi) is 4.40. The van der Waals surface area contributed by atoms with Crippen LogP contribution in [0.25, 0.3) is 5.65 Å². The lowest BCUT2D eigenvalue weighted by atomic mass is 10.0. The monoisotopic (exact) mass is 428 g/mol. The molecule has 128 valence electrons. The van der Waals surface area contributed by atoms with Crippen LogP contribution in [-0.2, 0) is 0 Å². The second kappa shape index (κ2) is 6.86. The number of aromatic nitrogens is 4. The van der Waals surface area contributed by atoms with Gasteiger partial charge in [-0.25, -0.2) is 0 Å². The third-order valence-electron chi connectivity index (χ3n) is 3.64. The first-order valence-corrected chi connectivity index (χ1v) is 8.74. The first kappa shape index (κ1) is 16.7. The van der Waals surface area contributed by atoms with E-state index in [1.807, 2.05) is 18.2 Å². The van der Waals surface area contributed by atoms with Crippen LogP contribution in [0.3, 0.4) is 0 Å². The average molecular weight is 430 g/mol. The van der Waals surface area contributed by atoms with Crippen LogP contribution in [-0.4, -0.2) is 25.6 Å². The van der Waals surface area contributed by atoms with Crippen LogP contribution in [0.1, 0.15) is 15.9 Å². The van der Waals surface area contributed by atoms with Crippen molar-refractivity contribution in [2.24, 2.45) is 0 Å². The lowest BCUT2D eigenvalue weighted by Crippen LogP contribution is -2.04. The highest BCUT2D eigenvalue weighted by Gasteiger charge is 2.17. The van der Waals surface area contributed by atoms with E-state index in [1.54, 1.807) is 42.5 Å². The Morgan fingerprint density at radius 1 is 1.04 bits per heavy atom. The van der Waals surface area contributed by atoms with Crippen molar-refractivity contribution >= 4 is 39.0 Å². The fourth-order valence-electron chi connectivity index (χ4n) is 2.43. The first-order valence-electron chi connectivity index (χ1n) is 7.57. The Bertz CT molecular complexity index is 1110. The summed E-state index contributed by atoms with van der Waals surface area (Å²) in [5, 5.41) is 12.0. The van der Waals surface area contributed by atoms with Gasteiger partial charge in [0.2, 0.25) is 11.2 Å². The lowest BCUT2D eigenvalue weighted by molar-refractivity contribution is 0.103. The molecule has 0 saturated carbocycles. The Labute approximate surface area is 161 Å². The molecule has 2 aromatic carbocycles. The molecule has 8 heteroatoms. The predicted octanol–water partition coefficient (Wildman–Crippen LogP) is 4.56. The number of hydrogen-bond acceptors (Lipinski definition) is 5. The van der Waals surface area contributed by atoms with E-state index in [4.69, 9.17) is 16.3 Å². The second-order valence-corrected chi connectivity index (χ2v) is 6.60. The van der Waals surface area contributed by atoms with Crippen molar-refractivity contribution in [3.8, 4) is 11.6 Å². The molecule has 0 aliphatic rings. The molecule has 26 heavy (non-hydrogen) atoms. The molecular formula is C18H10BrClN4O2. The number of rotatable bonds is 4. The van der Waals surface area contributed by atoms with Crippen LogP contribution in [0.5, 0.6) is 11.6 Å². The fourth-order valence-corrected chi connectivity index (χ4v) is 2.95. The van der Waals surface area contributed by atoms with Crippen LogP contribution in [0.4, 0.5) is 0 Å². The highest BCUT2D eigenvalue weighted by atomic mass is 79.9. The van der Waals surface area contributed by atoms with Crippen LogP contribution in [0.2, 0.25) is 5.28 Å². The summed E-state index contributed by atoms with van der Waals surface area (Å²) in [5.41, 5.74) is 1.49.